The van der Waals surface area contributed by atoms with Gasteiger partial charge in [0, 0.05) is 5.56 Å². The molecule has 2 rings (SSSR count). The third kappa shape index (κ3) is 2.99. The number of rotatable bonds is 3. The molecule has 0 aliphatic heterocycles. The molecule has 124 valence electrons. The highest BCUT2D eigenvalue weighted by Gasteiger charge is 2.74. The first kappa shape index (κ1) is 17.2. The lowest BCUT2D eigenvalue weighted by Gasteiger charge is -2.27. The van der Waals surface area contributed by atoms with E-state index >= 15 is 0 Å². The minimum atomic E-state index is -6.41. The van der Waals surface area contributed by atoms with Gasteiger partial charge in [-0.3, -0.25) is 0 Å². The van der Waals surface area contributed by atoms with Crippen molar-refractivity contribution in [1.82, 2.24) is 9.97 Å². The van der Waals surface area contributed by atoms with Crippen LogP contribution in [0.5, 0.6) is 0 Å². The summed E-state index contributed by atoms with van der Waals surface area (Å²) in [5, 5.41) is 0. The highest BCUT2D eigenvalue weighted by Crippen LogP contribution is 2.51. The Morgan fingerprint density at radius 3 is 1.91 bits per heavy atom. The molecule has 1 aromatic heterocycles. The van der Waals surface area contributed by atoms with Crippen molar-refractivity contribution in [3.8, 4) is 11.3 Å². The van der Waals surface area contributed by atoms with Gasteiger partial charge in [-0.25, -0.2) is 9.97 Å². The van der Waals surface area contributed by atoms with Gasteiger partial charge in [-0.05, 0) is 13.0 Å². The fourth-order valence-electron chi connectivity index (χ4n) is 1.82. The van der Waals surface area contributed by atoms with Crippen LogP contribution in [0.1, 0.15) is 11.5 Å². The van der Waals surface area contributed by atoms with Gasteiger partial charge in [0.05, 0.1) is 5.69 Å². The van der Waals surface area contributed by atoms with Gasteiger partial charge in [-0.2, -0.15) is 30.7 Å². The van der Waals surface area contributed by atoms with Gasteiger partial charge in [-0.15, -0.1) is 0 Å². The van der Waals surface area contributed by atoms with Gasteiger partial charge in [0.2, 0.25) is 0 Å². The standard InChI is InChI=1S/C14H9F7N2/c1-8-22-10(9-5-3-2-4-6-9)7-11(23-8)12(15,16)13(17,18)14(19,20)21/h2-7H,1H3. The van der Waals surface area contributed by atoms with E-state index in [-0.39, 0.29) is 17.1 Å². The summed E-state index contributed by atoms with van der Waals surface area (Å²) >= 11 is 0. The largest absolute Gasteiger partial charge is 0.460 e. The zero-order chi connectivity index (χ0) is 17.5. The summed E-state index contributed by atoms with van der Waals surface area (Å²) in [6.45, 7) is 1.12. The maximum absolute atomic E-state index is 13.7. The zero-order valence-electron chi connectivity index (χ0n) is 11.5. The molecule has 0 bridgehead atoms. The van der Waals surface area contributed by atoms with E-state index in [2.05, 4.69) is 9.97 Å². The average Bonchev–Trinajstić information content (AvgIpc) is 2.46. The van der Waals surface area contributed by atoms with Crippen LogP contribution in [0.25, 0.3) is 11.3 Å². The molecule has 9 heteroatoms. The third-order valence-corrected chi connectivity index (χ3v) is 2.98. The van der Waals surface area contributed by atoms with Crippen molar-refractivity contribution in [3.05, 3.63) is 47.9 Å². The minimum absolute atomic E-state index is 0.175. The normalized spacial score (nSPS) is 13.2. The maximum Gasteiger partial charge on any atom is 0.460 e. The lowest BCUT2D eigenvalue weighted by atomic mass is 10.0. The Morgan fingerprint density at radius 2 is 1.39 bits per heavy atom. The van der Waals surface area contributed by atoms with Crippen LogP contribution in [0.3, 0.4) is 0 Å². The van der Waals surface area contributed by atoms with Crippen molar-refractivity contribution < 1.29 is 30.7 Å². The predicted octanol–water partition coefficient (Wildman–Crippen LogP) is 4.74. The van der Waals surface area contributed by atoms with Crippen LogP contribution >= 0.6 is 0 Å². The van der Waals surface area contributed by atoms with Crippen molar-refractivity contribution in [2.24, 2.45) is 0 Å². The SMILES string of the molecule is Cc1nc(-c2ccccc2)cc(C(F)(F)C(F)(F)C(F)(F)F)n1. The molecule has 2 aromatic rings. The Labute approximate surface area is 126 Å². The van der Waals surface area contributed by atoms with Crippen LogP contribution in [0, 0.1) is 6.92 Å². The molecule has 0 spiro atoms. The van der Waals surface area contributed by atoms with Gasteiger partial charge < -0.3 is 0 Å². The number of hydrogen-bond acceptors (Lipinski definition) is 2. The second-order valence-electron chi connectivity index (χ2n) is 4.70. The van der Waals surface area contributed by atoms with Crippen molar-refractivity contribution in [2.45, 2.75) is 24.9 Å². The van der Waals surface area contributed by atoms with Crippen molar-refractivity contribution in [3.63, 3.8) is 0 Å². The highest BCUT2D eigenvalue weighted by atomic mass is 19.4. The number of halogens is 7. The van der Waals surface area contributed by atoms with E-state index in [1.165, 1.54) is 24.3 Å². The van der Waals surface area contributed by atoms with Crippen LogP contribution in [0.15, 0.2) is 36.4 Å². The number of nitrogens with zero attached hydrogens (tertiary/aromatic N) is 2. The van der Waals surface area contributed by atoms with Crippen molar-refractivity contribution in [1.29, 1.82) is 0 Å². The molecular formula is C14H9F7N2. The van der Waals surface area contributed by atoms with Gasteiger partial charge in [0.25, 0.3) is 0 Å². The van der Waals surface area contributed by atoms with Gasteiger partial charge in [-0.1, -0.05) is 30.3 Å². The van der Waals surface area contributed by atoms with E-state index < -0.39 is 23.7 Å². The molecule has 1 aromatic carbocycles. The summed E-state index contributed by atoms with van der Waals surface area (Å²) in [4.78, 5) is 6.86. The van der Waals surface area contributed by atoms with E-state index in [1.807, 2.05) is 0 Å². The Bertz CT molecular complexity index is 696. The number of benzene rings is 1. The average molecular weight is 338 g/mol. The third-order valence-electron chi connectivity index (χ3n) is 2.98. The molecule has 1 heterocycles. The molecule has 0 radical (unpaired) electrons. The topological polar surface area (TPSA) is 25.8 Å². The number of alkyl halides is 7. The molecule has 0 aliphatic carbocycles. The van der Waals surface area contributed by atoms with E-state index in [9.17, 15) is 30.7 Å². The van der Waals surface area contributed by atoms with Crippen LogP contribution < -0.4 is 0 Å². The second-order valence-corrected chi connectivity index (χ2v) is 4.70. The molecule has 23 heavy (non-hydrogen) atoms. The van der Waals surface area contributed by atoms with Crippen molar-refractivity contribution in [2.75, 3.05) is 0 Å². The fourth-order valence-corrected chi connectivity index (χ4v) is 1.82. The predicted molar refractivity (Wildman–Crippen MR) is 67.1 cm³/mol. The number of hydrogen-bond donors (Lipinski definition) is 0. The smallest absolute Gasteiger partial charge is 0.233 e. The summed E-state index contributed by atoms with van der Waals surface area (Å²) in [7, 11) is 0. The van der Waals surface area contributed by atoms with Crippen LogP contribution in [0.4, 0.5) is 30.7 Å². The lowest BCUT2D eigenvalue weighted by Crippen LogP contribution is -2.50. The van der Waals surface area contributed by atoms with E-state index in [0.29, 0.717) is 6.07 Å². The van der Waals surface area contributed by atoms with E-state index in [1.54, 1.807) is 6.07 Å². The highest BCUT2D eigenvalue weighted by molar-refractivity contribution is 5.59. The summed E-state index contributed by atoms with van der Waals surface area (Å²) in [5.74, 6) is -12.1. The first-order chi connectivity index (χ1) is 10.5. The Balaban J connectivity index is 2.58. The molecule has 0 aliphatic rings. The second kappa shape index (κ2) is 5.47. The van der Waals surface area contributed by atoms with Crippen molar-refractivity contribution >= 4 is 0 Å². The number of aromatic nitrogens is 2. The van der Waals surface area contributed by atoms with Crippen LogP contribution in [-0.2, 0) is 5.92 Å². The Hall–Kier alpha value is -2.19. The fraction of sp³-hybridized carbons (Fsp3) is 0.286. The molecule has 2 nitrogen and oxygen atoms in total. The molecule has 0 unspecified atom stereocenters. The minimum Gasteiger partial charge on any atom is -0.233 e. The first-order valence-corrected chi connectivity index (χ1v) is 6.21. The monoisotopic (exact) mass is 338 g/mol. The molecule has 0 N–H and O–H groups in total. The Kier molecular flexibility index (Phi) is 4.08. The number of aryl methyl sites for hydroxylation is 1. The zero-order valence-corrected chi connectivity index (χ0v) is 11.5. The molecule has 0 fully saturated rings. The van der Waals surface area contributed by atoms with Crippen LogP contribution in [0.2, 0.25) is 0 Å². The lowest BCUT2D eigenvalue weighted by molar-refractivity contribution is -0.360. The molecule has 0 atom stereocenters. The summed E-state index contributed by atoms with van der Waals surface area (Å²) in [6.07, 6.45) is -6.41. The maximum atomic E-state index is 13.7. The van der Waals surface area contributed by atoms with E-state index in [4.69, 9.17) is 0 Å². The summed E-state index contributed by atoms with van der Waals surface area (Å²) in [6, 6.07) is 8.02. The quantitative estimate of drug-likeness (QED) is 0.756. The molecule has 0 saturated carbocycles. The Morgan fingerprint density at radius 1 is 0.826 bits per heavy atom. The van der Waals surface area contributed by atoms with Crippen LogP contribution in [-0.4, -0.2) is 22.1 Å². The summed E-state index contributed by atoms with van der Waals surface area (Å²) < 4.78 is 90.5. The van der Waals surface area contributed by atoms with E-state index in [0.717, 1.165) is 6.92 Å². The summed E-state index contributed by atoms with van der Waals surface area (Å²) in [5.41, 5.74) is -1.58. The molecular weight excluding hydrogens is 329 g/mol. The molecule has 0 amide bonds. The van der Waals surface area contributed by atoms with Gasteiger partial charge in [0.15, 0.2) is 0 Å². The first-order valence-electron chi connectivity index (χ1n) is 6.21. The molecule has 0 saturated heterocycles. The van der Waals surface area contributed by atoms with Gasteiger partial charge in [0.1, 0.15) is 11.5 Å². The van der Waals surface area contributed by atoms with Gasteiger partial charge >= 0.3 is 18.0 Å².